The van der Waals surface area contributed by atoms with Crippen LogP contribution in [0.15, 0.2) is 24.3 Å². The zero-order valence-corrected chi connectivity index (χ0v) is 29.2. The quantitative estimate of drug-likeness (QED) is 0.0281. The Balaban J connectivity index is 4.52. The van der Waals surface area contributed by atoms with Crippen LogP contribution in [0.4, 0.5) is 0 Å². The molecule has 9 heteroatoms. The molecule has 0 fully saturated rings. The first kappa shape index (κ1) is 42.8. The minimum absolute atomic E-state index is 0.145. The lowest BCUT2D eigenvalue weighted by Crippen LogP contribution is -2.44. The molecule has 0 heterocycles. The predicted octanol–water partition coefficient (Wildman–Crippen LogP) is 6.43. The van der Waals surface area contributed by atoms with E-state index in [1.54, 1.807) is 0 Å². The molecule has 0 saturated heterocycles. The molecule has 0 radical (unpaired) electrons. The molecule has 0 bridgehead atoms. The average molecular weight is 640 g/mol. The summed E-state index contributed by atoms with van der Waals surface area (Å²) in [5.41, 5.74) is 0. The van der Waals surface area contributed by atoms with Crippen LogP contribution in [0.3, 0.4) is 0 Å². The first-order valence-corrected chi connectivity index (χ1v) is 17.5. The Kier molecular flexibility index (Phi) is 27.7. The number of rotatable bonds is 31. The fraction of sp³-hybridized carbons (Fsp3) is 0.806. The van der Waals surface area contributed by atoms with Crippen LogP contribution >= 0.6 is 0 Å². The SMILES string of the molecule is CCCCC/C=C\C/C=C\CCCCCCCC(=O)OC(COC(=O)CCCCCCC)COC(OCC[N+](C)(C)C)C(=O)[O-]. The van der Waals surface area contributed by atoms with E-state index in [-0.39, 0.29) is 38.6 Å². The number of allylic oxidation sites excluding steroid dienone is 4. The molecular formula is C36H65NO8. The van der Waals surface area contributed by atoms with Gasteiger partial charge in [0.25, 0.3) is 0 Å². The Morgan fingerprint density at radius 1 is 0.667 bits per heavy atom. The number of hydrogen-bond acceptors (Lipinski definition) is 8. The highest BCUT2D eigenvalue weighted by Crippen LogP contribution is 2.11. The van der Waals surface area contributed by atoms with Gasteiger partial charge in [0.2, 0.25) is 0 Å². The van der Waals surface area contributed by atoms with Gasteiger partial charge in [-0.2, -0.15) is 0 Å². The molecule has 0 amide bonds. The van der Waals surface area contributed by atoms with Crippen LogP contribution in [0.25, 0.3) is 0 Å². The molecule has 0 N–H and O–H groups in total. The van der Waals surface area contributed by atoms with Crippen molar-refractivity contribution in [2.45, 2.75) is 142 Å². The van der Waals surface area contributed by atoms with E-state index in [4.69, 9.17) is 18.9 Å². The second kappa shape index (κ2) is 29.2. The van der Waals surface area contributed by atoms with Gasteiger partial charge in [-0.15, -0.1) is 0 Å². The maximum Gasteiger partial charge on any atom is 0.306 e. The van der Waals surface area contributed by atoms with Gasteiger partial charge in [-0.1, -0.05) is 95.9 Å². The maximum atomic E-state index is 12.6. The summed E-state index contributed by atoms with van der Waals surface area (Å²) in [5.74, 6) is -2.33. The molecule has 0 aliphatic rings. The Morgan fingerprint density at radius 2 is 1.20 bits per heavy atom. The van der Waals surface area contributed by atoms with E-state index in [1.165, 1.54) is 25.7 Å². The fourth-order valence-corrected chi connectivity index (χ4v) is 4.39. The average Bonchev–Trinajstić information content (AvgIpc) is 2.98. The Morgan fingerprint density at radius 3 is 1.80 bits per heavy atom. The van der Waals surface area contributed by atoms with Crippen LogP contribution in [-0.4, -0.2) is 82.3 Å². The van der Waals surface area contributed by atoms with E-state index in [0.717, 1.165) is 70.6 Å². The van der Waals surface area contributed by atoms with E-state index in [0.29, 0.717) is 17.4 Å². The van der Waals surface area contributed by atoms with Crippen LogP contribution in [-0.2, 0) is 33.3 Å². The van der Waals surface area contributed by atoms with Gasteiger partial charge in [0.05, 0.1) is 40.3 Å². The molecular weight excluding hydrogens is 574 g/mol. The lowest BCUT2D eigenvalue weighted by atomic mass is 10.1. The third-order valence-corrected chi connectivity index (χ3v) is 7.20. The van der Waals surface area contributed by atoms with Crippen molar-refractivity contribution in [3.8, 4) is 0 Å². The summed E-state index contributed by atoms with van der Waals surface area (Å²) in [6.45, 7) is 4.56. The lowest BCUT2D eigenvalue weighted by Gasteiger charge is -2.26. The van der Waals surface area contributed by atoms with Crippen molar-refractivity contribution in [2.24, 2.45) is 0 Å². The summed E-state index contributed by atoms with van der Waals surface area (Å²) in [6.07, 6.45) is 23.9. The number of carboxylic acid groups (broad SMARTS) is 1. The van der Waals surface area contributed by atoms with Gasteiger partial charge in [-0.05, 0) is 44.9 Å². The van der Waals surface area contributed by atoms with E-state index in [2.05, 4.69) is 38.2 Å². The number of aliphatic carboxylic acids is 1. The summed E-state index contributed by atoms with van der Waals surface area (Å²) < 4.78 is 22.2. The van der Waals surface area contributed by atoms with E-state index in [1.807, 2.05) is 21.1 Å². The summed E-state index contributed by atoms with van der Waals surface area (Å²) in [4.78, 5) is 36.4. The van der Waals surface area contributed by atoms with Crippen LogP contribution in [0.2, 0.25) is 0 Å². The third kappa shape index (κ3) is 30.2. The van der Waals surface area contributed by atoms with Crippen molar-refractivity contribution < 1.29 is 42.9 Å². The van der Waals surface area contributed by atoms with Crippen molar-refractivity contribution in [1.82, 2.24) is 0 Å². The smallest absolute Gasteiger partial charge is 0.306 e. The Labute approximate surface area is 274 Å². The first-order chi connectivity index (χ1) is 21.6. The zero-order valence-electron chi connectivity index (χ0n) is 29.2. The lowest BCUT2D eigenvalue weighted by molar-refractivity contribution is -0.870. The van der Waals surface area contributed by atoms with Crippen molar-refractivity contribution in [3.05, 3.63) is 24.3 Å². The molecule has 0 aromatic carbocycles. The number of ether oxygens (including phenoxy) is 4. The monoisotopic (exact) mass is 639 g/mol. The number of unbranched alkanes of at least 4 members (excludes halogenated alkanes) is 12. The van der Waals surface area contributed by atoms with Crippen LogP contribution < -0.4 is 5.11 Å². The largest absolute Gasteiger partial charge is 0.545 e. The highest BCUT2D eigenvalue weighted by Gasteiger charge is 2.21. The Hall–Kier alpha value is -2.23. The van der Waals surface area contributed by atoms with Crippen LogP contribution in [0.5, 0.6) is 0 Å². The molecule has 0 aliphatic carbocycles. The normalized spacial score (nSPS) is 13.4. The number of quaternary nitrogens is 1. The fourth-order valence-electron chi connectivity index (χ4n) is 4.39. The summed E-state index contributed by atoms with van der Waals surface area (Å²) in [6, 6.07) is 0. The number of esters is 2. The summed E-state index contributed by atoms with van der Waals surface area (Å²) in [7, 11) is 5.87. The number of likely N-dealkylation sites (N-methyl/N-ethyl adjacent to an activating group) is 1. The van der Waals surface area contributed by atoms with E-state index < -0.39 is 24.3 Å². The number of carbonyl (C=O) groups excluding carboxylic acids is 3. The molecule has 0 aliphatic heterocycles. The van der Waals surface area contributed by atoms with Gasteiger partial charge in [0, 0.05) is 12.8 Å². The molecule has 0 aromatic heterocycles. The molecule has 0 aromatic rings. The molecule has 2 atom stereocenters. The van der Waals surface area contributed by atoms with E-state index in [9.17, 15) is 19.5 Å². The van der Waals surface area contributed by atoms with Crippen molar-refractivity contribution in [3.63, 3.8) is 0 Å². The van der Waals surface area contributed by atoms with Crippen molar-refractivity contribution >= 4 is 17.9 Å². The standard InChI is InChI=1S/C36H65NO8/c1-6-8-10-12-13-14-15-16-17-18-19-20-21-23-25-27-34(39)45-32(30-43-33(38)26-24-22-11-9-7-2)31-44-36(35(40)41)42-29-28-37(3,4)5/h13-14,16-17,32,36H,6-12,15,18-31H2,1-5H3/b14-13-,17-16-. The van der Waals surface area contributed by atoms with Crippen molar-refractivity contribution in [2.75, 3.05) is 47.5 Å². The molecule has 45 heavy (non-hydrogen) atoms. The molecule has 0 saturated carbocycles. The predicted molar refractivity (Wildman–Crippen MR) is 177 cm³/mol. The molecule has 9 nitrogen and oxygen atoms in total. The minimum Gasteiger partial charge on any atom is -0.545 e. The minimum atomic E-state index is -1.62. The third-order valence-electron chi connectivity index (χ3n) is 7.20. The number of nitrogens with zero attached hydrogens (tertiary/aromatic N) is 1. The van der Waals surface area contributed by atoms with Gasteiger partial charge in [0.15, 0.2) is 12.4 Å². The number of hydrogen-bond donors (Lipinski definition) is 0. The van der Waals surface area contributed by atoms with Crippen molar-refractivity contribution in [1.29, 1.82) is 0 Å². The van der Waals surface area contributed by atoms with Gasteiger partial charge in [0.1, 0.15) is 13.2 Å². The molecule has 2 unspecified atom stereocenters. The second-order valence-electron chi connectivity index (χ2n) is 12.8. The molecule has 262 valence electrons. The highest BCUT2D eigenvalue weighted by molar-refractivity contribution is 5.70. The number of carbonyl (C=O) groups is 3. The van der Waals surface area contributed by atoms with E-state index >= 15 is 0 Å². The Bertz CT molecular complexity index is 805. The van der Waals surface area contributed by atoms with Gasteiger partial charge < -0.3 is 33.3 Å². The van der Waals surface area contributed by atoms with Gasteiger partial charge in [-0.3, -0.25) is 9.59 Å². The van der Waals surface area contributed by atoms with Crippen LogP contribution in [0.1, 0.15) is 129 Å². The number of carboxylic acids is 1. The first-order valence-electron chi connectivity index (χ1n) is 17.5. The second-order valence-corrected chi connectivity index (χ2v) is 12.8. The highest BCUT2D eigenvalue weighted by atomic mass is 16.7. The summed E-state index contributed by atoms with van der Waals surface area (Å²) in [5, 5.41) is 11.6. The van der Waals surface area contributed by atoms with Gasteiger partial charge >= 0.3 is 11.9 Å². The van der Waals surface area contributed by atoms with Gasteiger partial charge in [-0.25, -0.2) is 0 Å². The summed E-state index contributed by atoms with van der Waals surface area (Å²) >= 11 is 0. The maximum absolute atomic E-state index is 12.6. The van der Waals surface area contributed by atoms with Crippen LogP contribution in [0, 0.1) is 0 Å². The molecule has 0 spiro atoms. The zero-order chi connectivity index (χ0) is 33.6. The molecule has 0 rings (SSSR count). The topological polar surface area (TPSA) is 111 Å².